The molecule has 4 amide bonds. The Hall–Kier alpha value is -3.79. The first-order valence-corrected chi connectivity index (χ1v) is 14.4. The summed E-state index contributed by atoms with van der Waals surface area (Å²) >= 11 is 6.22. The van der Waals surface area contributed by atoms with Crippen LogP contribution in [-0.4, -0.2) is 57.6 Å². The van der Waals surface area contributed by atoms with Gasteiger partial charge >= 0.3 is 12.2 Å². The van der Waals surface area contributed by atoms with Crippen LogP contribution in [0.15, 0.2) is 42.5 Å². The molecule has 2 aromatic carbocycles. The molecule has 11 heteroatoms. The predicted molar refractivity (Wildman–Crippen MR) is 157 cm³/mol. The van der Waals surface area contributed by atoms with E-state index in [1.165, 1.54) is 9.80 Å². The predicted octanol–water partition coefficient (Wildman–Crippen LogP) is 5.07. The second-order valence-electron chi connectivity index (χ2n) is 12.5. The van der Waals surface area contributed by atoms with E-state index in [0.29, 0.717) is 18.0 Å². The van der Waals surface area contributed by atoms with E-state index < -0.39 is 35.5 Å². The molecule has 2 atom stereocenters. The van der Waals surface area contributed by atoms with Crippen LogP contribution in [0.4, 0.5) is 9.59 Å². The maximum atomic E-state index is 13.8. The SMILES string of the molecule is CC(C)(C)OC(=O)NCc1ccc(Cl)cc1CNC(=O)[C@@H]1CCN1C(=O)C1c2ccccc2CN1C(=O)OC(C)(C)C. The minimum atomic E-state index is -0.870. The zero-order chi connectivity index (χ0) is 30.8. The highest BCUT2D eigenvalue weighted by Crippen LogP contribution is 2.38. The molecular formula is C31H39ClN4O6. The van der Waals surface area contributed by atoms with Gasteiger partial charge in [-0.15, -0.1) is 0 Å². The Balaban J connectivity index is 1.43. The molecule has 1 fully saturated rings. The van der Waals surface area contributed by atoms with Gasteiger partial charge in [0.1, 0.15) is 23.3 Å². The number of nitrogens with one attached hydrogen (secondary N) is 2. The number of halogens is 1. The number of carbonyl (C=O) groups excluding carboxylic acids is 4. The van der Waals surface area contributed by atoms with Crippen molar-refractivity contribution in [3.05, 3.63) is 69.7 Å². The molecule has 2 aromatic rings. The van der Waals surface area contributed by atoms with Crippen molar-refractivity contribution in [1.82, 2.24) is 20.4 Å². The minimum Gasteiger partial charge on any atom is -0.444 e. The Kier molecular flexibility index (Phi) is 9.06. The lowest BCUT2D eigenvalue weighted by Crippen LogP contribution is -2.60. The molecule has 0 radical (unpaired) electrons. The average Bonchev–Trinajstić information content (AvgIpc) is 3.24. The van der Waals surface area contributed by atoms with Gasteiger partial charge in [-0.3, -0.25) is 14.5 Å². The summed E-state index contributed by atoms with van der Waals surface area (Å²) in [6.45, 7) is 11.7. The fraction of sp³-hybridized carbons (Fsp3) is 0.484. The van der Waals surface area contributed by atoms with E-state index in [2.05, 4.69) is 10.6 Å². The van der Waals surface area contributed by atoms with E-state index in [0.717, 1.165) is 22.3 Å². The molecule has 2 N–H and O–H groups in total. The third kappa shape index (κ3) is 7.53. The molecule has 2 heterocycles. The summed E-state index contributed by atoms with van der Waals surface area (Å²) in [6, 6.07) is 11.1. The molecule has 2 aliphatic rings. The summed E-state index contributed by atoms with van der Waals surface area (Å²) in [5.74, 6) is -0.627. The number of ether oxygens (including phenoxy) is 2. The topological polar surface area (TPSA) is 117 Å². The van der Waals surface area contributed by atoms with Gasteiger partial charge in [-0.2, -0.15) is 0 Å². The first kappa shape index (κ1) is 31.2. The summed E-state index contributed by atoms with van der Waals surface area (Å²) in [7, 11) is 0. The fourth-order valence-corrected chi connectivity index (χ4v) is 5.13. The molecule has 0 bridgehead atoms. The highest BCUT2D eigenvalue weighted by molar-refractivity contribution is 6.30. The number of alkyl carbamates (subject to hydrolysis) is 1. The first-order valence-electron chi connectivity index (χ1n) is 14.0. The number of hydrogen-bond donors (Lipinski definition) is 2. The van der Waals surface area contributed by atoms with Crippen molar-refractivity contribution in [3.8, 4) is 0 Å². The quantitative estimate of drug-likeness (QED) is 0.479. The lowest BCUT2D eigenvalue weighted by Gasteiger charge is -2.42. The number of rotatable bonds is 6. The molecule has 42 heavy (non-hydrogen) atoms. The van der Waals surface area contributed by atoms with Gasteiger partial charge < -0.3 is 25.0 Å². The van der Waals surface area contributed by atoms with Gasteiger partial charge in [-0.05, 0) is 82.3 Å². The van der Waals surface area contributed by atoms with Crippen LogP contribution < -0.4 is 10.6 Å². The summed E-state index contributed by atoms with van der Waals surface area (Å²) in [5.41, 5.74) is 1.75. The normalized spacial score (nSPS) is 18.1. The van der Waals surface area contributed by atoms with Crippen molar-refractivity contribution < 1.29 is 28.7 Å². The highest BCUT2D eigenvalue weighted by Gasteiger charge is 2.47. The fourth-order valence-electron chi connectivity index (χ4n) is 4.94. The third-order valence-electron chi connectivity index (χ3n) is 6.91. The van der Waals surface area contributed by atoms with Gasteiger partial charge in [0.25, 0.3) is 5.91 Å². The number of likely N-dealkylation sites (tertiary alicyclic amines) is 1. The minimum absolute atomic E-state index is 0.152. The van der Waals surface area contributed by atoms with Gasteiger partial charge in [0, 0.05) is 24.7 Å². The van der Waals surface area contributed by atoms with Crippen LogP contribution in [0, 0.1) is 0 Å². The van der Waals surface area contributed by atoms with Crippen LogP contribution in [0.2, 0.25) is 5.02 Å². The van der Waals surface area contributed by atoms with Gasteiger partial charge in [-0.1, -0.05) is 41.9 Å². The van der Waals surface area contributed by atoms with Gasteiger partial charge in [0.2, 0.25) is 5.91 Å². The van der Waals surface area contributed by atoms with Crippen LogP contribution >= 0.6 is 11.6 Å². The molecular weight excluding hydrogens is 560 g/mol. The summed E-state index contributed by atoms with van der Waals surface area (Å²) in [4.78, 5) is 55.3. The number of fused-ring (bicyclic) bond motifs is 1. The van der Waals surface area contributed by atoms with Crippen molar-refractivity contribution in [2.45, 2.75) is 90.9 Å². The highest BCUT2D eigenvalue weighted by atomic mass is 35.5. The van der Waals surface area contributed by atoms with Crippen molar-refractivity contribution in [1.29, 1.82) is 0 Å². The molecule has 0 saturated carbocycles. The monoisotopic (exact) mass is 598 g/mol. The van der Waals surface area contributed by atoms with Crippen LogP contribution in [0.1, 0.15) is 76.3 Å². The molecule has 4 rings (SSSR count). The number of hydrogen-bond acceptors (Lipinski definition) is 6. The molecule has 2 aliphatic heterocycles. The Morgan fingerprint density at radius 3 is 2.19 bits per heavy atom. The Morgan fingerprint density at radius 1 is 0.881 bits per heavy atom. The lowest BCUT2D eigenvalue weighted by atomic mass is 9.97. The number of amides is 4. The van der Waals surface area contributed by atoms with E-state index in [1.54, 1.807) is 59.7 Å². The molecule has 0 aromatic heterocycles. The van der Waals surface area contributed by atoms with Crippen LogP contribution in [-0.2, 0) is 38.7 Å². The van der Waals surface area contributed by atoms with Crippen molar-refractivity contribution >= 4 is 35.6 Å². The third-order valence-corrected chi connectivity index (χ3v) is 7.15. The van der Waals surface area contributed by atoms with Crippen molar-refractivity contribution in [2.24, 2.45) is 0 Å². The second-order valence-corrected chi connectivity index (χ2v) is 13.0. The second kappa shape index (κ2) is 12.2. The number of benzene rings is 2. The van der Waals surface area contributed by atoms with E-state index in [4.69, 9.17) is 21.1 Å². The molecule has 1 saturated heterocycles. The summed E-state index contributed by atoms with van der Waals surface area (Å²) < 4.78 is 10.9. The lowest BCUT2D eigenvalue weighted by molar-refractivity contribution is -0.151. The molecule has 226 valence electrons. The maximum absolute atomic E-state index is 13.8. The van der Waals surface area contributed by atoms with Gasteiger partial charge in [0.15, 0.2) is 0 Å². The zero-order valence-corrected chi connectivity index (χ0v) is 25.7. The molecule has 1 unspecified atom stereocenters. The Bertz CT molecular complexity index is 1370. The van der Waals surface area contributed by atoms with Crippen LogP contribution in [0.3, 0.4) is 0 Å². The smallest absolute Gasteiger partial charge is 0.411 e. The average molecular weight is 599 g/mol. The van der Waals surface area contributed by atoms with E-state index in [-0.39, 0.29) is 31.4 Å². The van der Waals surface area contributed by atoms with Crippen LogP contribution in [0.5, 0.6) is 0 Å². The van der Waals surface area contributed by atoms with E-state index in [1.807, 2.05) is 24.3 Å². The largest absolute Gasteiger partial charge is 0.444 e. The summed E-state index contributed by atoms with van der Waals surface area (Å²) in [6.07, 6.45) is -0.627. The van der Waals surface area contributed by atoms with E-state index in [9.17, 15) is 19.2 Å². The standard InChI is InChI=1S/C31H39ClN4O6/c1-30(2,3)41-28(39)34-16-19-11-12-22(32)15-21(19)17-33-26(37)24-13-14-35(24)27(38)25-23-10-8-7-9-20(23)18-36(25)29(40)42-31(4,5)6/h7-12,15,24-25H,13-14,16-18H2,1-6H3,(H,33,37)(H,34,39)/t24-,25?/m0/s1. The van der Waals surface area contributed by atoms with Gasteiger partial charge in [-0.25, -0.2) is 9.59 Å². The van der Waals surface area contributed by atoms with E-state index >= 15 is 0 Å². The van der Waals surface area contributed by atoms with Crippen LogP contribution in [0.25, 0.3) is 0 Å². The first-order chi connectivity index (χ1) is 19.6. The zero-order valence-electron chi connectivity index (χ0n) is 25.0. The number of nitrogens with zero attached hydrogens (tertiary/aromatic N) is 2. The Labute approximate surface area is 251 Å². The van der Waals surface area contributed by atoms with Crippen molar-refractivity contribution in [3.63, 3.8) is 0 Å². The van der Waals surface area contributed by atoms with Crippen molar-refractivity contribution in [2.75, 3.05) is 6.54 Å². The van der Waals surface area contributed by atoms with Gasteiger partial charge in [0.05, 0.1) is 6.54 Å². The molecule has 0 aliphatic carbocycles. The Morgan fingerprint density at radius 2 is 1.55 bits per heavy atom. The molecule has 0 spiro atoms. The molecule has 10 nitrogen and oxygen atoms in total. The number of carbonyl (C=O) groups is 4. The maximum Gasteiger partial charge on any atom is 0.411 e. The summed E-state index contributed by atoms with van der Waals surface area (Å²) in [5, 5.41) is 6.13.